The highest BCUT2D eigenvalue weighted by Gasteiger charge is 2.11. The second kappa shape index (κ2) is 6.68. The molecule has 4 rings (SSSR count). The number of anilines is 2. The van der Waals surface area contributed by atoms with Crippen molar-refractivity contribution in [3.05, 3.63) is 83.4 Å². The summed E-state index contributed by atoms with van der Waals surface area (Å²) >= 11 is 0. The Morgan fingerprint density at radius 1 is 0.926 bits per heavy atom. The number of benzene rings is 3. The second-order valence-corrected chi connectivity index (χ2v) is 6.66. The number of aromatic nitrogens is 2. The predicted molar refractivity (Wildman–Crippen MR) is 108 cm³/mol. The number of rotatable bonds is 3. The van der Waals surface area contributed by atoms with Gasteiger partial charge in [0.2, 0.25) is 0 Å². The molecule has 0 aliphatic heterocycles. The van der Waals surface area contributed by atoms with E-state index in [0.717, 1.165) is 27.6 Å². The van der Waals surface area contributed by atoms with Gasteiger partial charge in [0.05, 0.1) is 23.3 Å². The Kier molecular flexibility index (Phi) is 4.20. The third kappa shape index (κ3) is 3.19. The van der Waals surface area contributed by atoms with Crippen LogP contribution in [0, 0.1) is 12.7 Å². The van der Waals surface area contributed by atoms with Crippen molar-refractivity contribution < 1.29 is 4.39 Å². The van der Waals surface area contributed by atoms with Gasteiger partial charge in [0.15, 0.2) is 0 Å². The van der Waals surface area contributed by atoms with Crippen molar-refractivity contribution in [1.82, 2.24) is 10.2 Å². The summed E-state index contributed by atoms with van der Waals surface area (Å²) in [5, 5.41) is 10.6. The summed E-state index contributed by atoms with van der Waals surface area (Å²) in [6.07, 6.45) is 2.34. The lowest BCUT2D eigenvalue weighted by Crippen LogP contribution is -1.99. The van der Waals surface area contributed by atoms with Gasteiger partial charge in [-0.05, 0) is 47.9 Å². The molecule has 0 aliphatic carbocycles. The van der Waals surface area contributed by atoms with Crippen molar-refractivity contribution in [3.63, 3.8) is 0 Å². The van der Waals surface area contributed by atoms with Gasteiger partial charge in [-0.25, -0.2) is 4.39 Å². The van der Waals surface area contributed by atoms with E-state index in [1.165, 1.54) is 6.07 Å². The molecule has 0 aliphatic rings. The van der Waals surface area contributed by atoms with Crippen LogP contribution in [0.4, 0.5) is 15.8 Å². The van der Waals surface area contributed by atoms with E-state index in [1.54, 1.807) is 30.5 Å². The SMILES string of the molecule is Cc1cccc2c(Cc3ccc(F)c(-c4ccc(N)c(N)c4)c3)nncc12. The predicted octanol–water partition coefficient (Wildman–Crippen LogP) is 4.50. The van der Waals surface area contributed by atoms with Crippen molar-refractivity contribution in [3.8, 4) is 11.1 Å². The fourth-order valence-electron chi connectivity index (χ4n) is 3.28. The smallest absolute Gasteiger partial charge is 0.131 e. The van der Waals surface area contributed by atoms with Crippen molar-refractivity contribution in [2.75, 3.05) is 11.5 Å². The Morgan fingerprint density at radius 3 is 2.59 bits per heavy atom. The summed E-state index contributed by atoms with van der Waals surface area (Å²) in [4.78, 5) is 0. The Bertz CT molecular complexity index is 1150. The molecule has 0 fully saturated rings. The lowest BCUT2D eigenvalue weighted by Gasteiger charge is -2.10. The molecule has 4 nitrogen and oxygen atoms in total. The molecule has 0 radical (unpaired) electrons. The highest BCUT2D eigenvalue weighted by atomic mass is 19.1. The topological polar surface area (TPSA) is 77.8 Å². The van der Waals surface area contributed by atoms with E-state index in [1.807, 2.05) is 18.2 Å². The number of fused-ring (bicyclic) bond motifs is 1. The molecule has 4 N–H and O–H groups in total. The molecular formula is C22H19FN4. The number of nitrogen functional groups attached to an aromatic ring is 2. The van der Waals surface area contributed by atoms with Crippen molar-refractivity contribution >= 4 is 22.1 Å². The van der Waals surface area contributed by atoms with Gasteiger partial charge in [-0.15, -0.1) is 0 Å². The summed E-state index contributed by atoms with van der Waals surface area (Å²) in [6.45, 7) is 2.05. The van der Waals surface area contributed by atoms with Gasteiger partial charge in [0.25, 0.3) is 0 Å². The fraction of sp³-hybridized carbons (Fsp3) is 0.0909. The molecule has 5 heteroatoms. The number of nitrogens with zero attached hydrogens (tertiary/aromatic N) is 2. The van der Waals surface area contributed by atoms with Gasteiger partial charge >= 0.3 is 0 Å². The largest absolute Gasteiger partial charge is 0.397 e. The molecule has 0 atom stereocenters. The Labute approximate surface area is 156 Å². The number of hydrogen-bond donors (Lipinski definition) is 2. The Balaban J connectivity index is 1.76. The summed E-state index contributed by atoms with van der Waals surface area (Å²) in [5.41, 5.74) is 16.7. The summed E-state index contributed by atoms with van der Waals surface area (Å²) < 4.78 is 14.4. The van der Waals surface area contributed by atoms with Crippen LogP contribution in [0.2, 0.25) is 0 Å². The third-order valence-electron chi connectivity index (χ3n) is 4.80. The van der Waals surface area contributed by atoms with Gasteiger partial charge in [-0.3, -0.25) is 0 Å². The minimum Gasteiger partial charge on any atom is -0.397 e. The quantitative estimate of drug-likeness (QED) is 0.529. The molecule has 27 heavy (non-hydrogen) atoms. The molecule has 4 aromatic rings. The summed E-state index contributed by atoms with van der Waals surface area (Å²) in [6, 6.07) is 16.3. The van der Waals surface area contributed by atoms with E-state index in [2.05, 4.69) is 23.2 Å². The van der Waals surface area contributed by atoms with Crippen LogP contribution in [-0.4, -0.2) is 10.2 Å². The van der Waals surface area contributed by atoms with Crippen LogP contribution >= 0.6 is 0 Å². The third-order valence-corrected chi connectivity index (χ3v) is 4.80. The van der Waals surface area contributed by atoms with Gasteiger partial charge in [-0.1, -0.05) is 30.3 Å². The zero-order chi connectivity index (χ0) is 19.0. The van der Waals surface area contributed by atoms with E-state index in [9.17, 15) is 4.39 Å². The van der Waals surface area contributed by atoms with Crippen molar-refractivity contribution in [2.45, 2.75) is 13.3 Å². The zero-order valence-electron chi connectivity index (χ0n) is 14.9. The first-order valence-electron chi connectivity index (χ1n) is 8.66. The van der Waals surface area contributed by atoms with Gasteiger partial charge in [-0.2, -0.15) is 10.2 Å². The molecule has 0 saturated carbocycles. The lowest BCUT2D eigenvalue weighted by molar-refractivity contribution is 0.630. The van der Waals surface area contributed by atoms with Crippen LogP contribution in [0.5, 0.6) is 0 Å². The van der Waals surface area contributed by atoms with E-state index in [-0.39, 0.29) is 5.82 Å². The number of halogens is 1. The van der Waals surface area contributed by atoms with E-state index in [4.69, 9.17) is 11.5 Å². The molecule has 3 aromatic carbocycles. The maximum absolute atomic E-state index is 14.4. The maximum atomic E-state index is 14.4. The van der Waals surface area contributed by atoms with Gasteiger partial charge < -0.3 is 11.5 Å². The average Bonchev–Trinajstić information content (AvgIpc) is 2.66. The summed E-state index contributed by atoms with van der Waals surface area (Å²) in [5.74, 6) is -0.303. The normalized spacial score (nSPS) is 11.0. The standard InChI is InChI=1S/C22H19FN4/c1-13-3-2-4-16-18(13)12-26-27-22(16)10-14-5-7-19(23)17(9-14)15-6-8-20(24)21(25)11-15/h2-9,11-12H,10,24-25H2,1H3. The minimum atomic E-state index is -0.303. The number of aryl methyl sites for hydroxylation is 1. The van der Waals surface area contributed by atoms with Crippen LogP contribution in [0.1, 0.15) is 16.8 Å². The molecular weight excluding hydrogens is 339 g/mol. The lowest BCUT2D eigenvalue weighted by atomic mass is 9.98. The van der Waals surface area contributed by atoms with Crippen LogP contribution in [0.15, 0.2) is 60.8 Å². The fourth-order valence-corrected chi connectivity index (χ4v) is 3.28. The highest BCUT2D eigenvalue weighted by Crippen LogP contribution is 2.29. The first kappa shape index (κ1) is 17.0. The second-order valence-electron chi connectivity index (χ2n) is 6.66. The van der Waals surface area contributed by atoms with E-state index < -0.39 is 0 Å². The van der Waals surface area contributed by atoms with Crippen LogP contribution in [0.25, 0.3) is 21.9 Å². The van der Waals surface area contributed by atoms with Crippen LogP contribution in [0.3, 0.4) is 0 Å². The van der Waals surface area contributed by atoms with E-state index in [0.29, 0.717) is 28.9 Å². The monoisotopic (exact) mass is 358 g/mol. The van der Waals surface area contributed by atoms with Gasteiger partial charge in [0.1, 0.15) is 5.82 Å². The van der Waals surface area contributed by atoms with Crippen LogP contribution < -0.4 is 11.5 Å². The van der Waals surface area contributed by atoms with Gasteiger partial charge in [0, 0.05) is 22.8 Å². The molecule has 1 heterocycles. The number of hydrogen-bond acceptors (Lipinski definition) is 4. The summed E-state index contributed by atoms with van der Waals surface area (Å²) in [7, 11) is 0. The van der Waals surface area contributed by atoms with Crippen LogP contribution in [-0.2, 0) is 6.42 Å². The average molecular weight is 358 g/mol. The maximum Gasteiger partial charge on any atom is 0.131 e. The van der Waals surface area contributed by atoms with Crippen molar-refractivity contribution in [1.29, 1.82) is 0 Å². The number of nitrogens with two attached hydrogens (primary N) is 2. The first-order valence-corrected chi connectivity index (χ1v) is 8.66. The minimum absolute atomic E-state index is 0.303. The Hall–Kier alpha value is -3.47. The van der Waals surface area contributed by atoms with E-state index >= 15 is 0 Å². The molecule has 0 saturated heterocycles. The molecule has 0 bridgehead atoms. The highest BCUT2D eigenvalue weighted by molar-refractivity contribution is 5.86. The van der Waals surface area contributed by atoms with Crippen molar-refractivity contribution in [2.24, 2.45) is 0 Å². The molecule has 1 aromatic heterocycles. The molecule has 0 amide bonds. The Morgan fingerprint density at radius 2 is 1.78 bits per heavy atom. The first-order chi connectivity index (χ1) is 13.0. The zero-order valence-corrected chi connectivity index (χ0v) is 14.9. The molecule has 134 valence electrons. The molecule has 0 spiro atoms. The molecule has 0 unspecified atom stereocenters.